The minimum absolute atomic E-state index is 0.0867. The zero-order chi connectivity index (χ0) is 15.3. The second-order valence-electron chi connectivity index (χ2n) is 4.46. The number of ether oxygens (including phenoxy) is 1. The Morgan fingerprint density at radius 3 is 2.50 bits per heavy atom. The number of aliphatic carboxylic acids is 1. The molecule has 112 valence electrons. The molecule has 0 spiro atoms. The van der Waals surface area contributed by atoms with Crippen LogP contribution in [-0.2, 0) is 11.3 Å². The van der Waals surface area contributed by atoms with E-state index in [4.69, 9.17) is 9.84 Å². The Balaban J connectivity index is 2.83. The van der Waals surface area contributed by atoms with Gasteiger partial charge in [0.2, 0.25) is 0 Å². The molecular weight excluding hydrogens is 275 g/mol. The second kappa shape index (κ2) is 6.60. The molecule has 0 atom stereocenters. The molecule has 1 aromatic rings. The Kier molecular flexibility index (Phi) is 5.38. The first-order valence-corrected chi connectivity index (χ1v) is 5.85. The fourth-order valence-corrected chi connectivity index (χ4v) is 1.91. The van der Waals surface area contributed by atoms with Gasteiger partial charge in [-0.25, -0.2) is 0 Å². The Labute approximate surface area is 114 Å². The molecule has 7 heteroatoms. The number of alkyl halides is 3. The number of benzene rings is 1. The lowest BCUT2D eigenvalue weighted by Gasteiger charge is -2.22. The molecule has 0 unspecified atom stereocenters. The van der Waals surface area contributed by atoms with Gasteiger partial charge < -0.3 is 9.84 Å². The van der Waals surface area contributed by atoms with E-state index in [1.165, 1.54) is 7.11 Å². The van der Waals surface area contributed by atoms with Crippen LogP contribution in [0.1, 0.15) is 11.1 Å². The Hall–Kier alpha value is -1.76. The fraction of sp³-hybridized carbons (Fsp3) is 0.462. The van der Waals surface area contributed by atoms with Gasteiger partial charge in [0.1, 0.15) is 5.75 Å². The highest BCUT2D eigenvalue weighted by molar-refractivity contribution is 5.69. The molecule has 1 rings (SSSR count). The standard InChI is InChI=1S/C13H16F3NO3/c1-9-5-10(3-4-11(9)20-2)6-17(7-12(18)19)8-13(14,15)16/h3-5H,6-8H2,1-2H3,(H,18,19). The molecule has 0 aliphatic carbocycles. The van der Waals surface area contributed by atoms with Crippen LogP contribution >= 0.6 is 0 Å². The van der Waals surface area contributed by atoms with Gasteiger partial charge in [0.25, 0.3) is 0 Å². The van der Waals surface area contributed by atoms with Crippen molar-refractivity contribution in [3.05, 3.63) is 29.3 Å². The molecule has 0 radical (unpaired) electrons. The maximum absolute atomic E-state index is 12.4. The topological polar surface area (TPSA) is 49.8 Å². The molecule has 4 nitrogen and oxygen atoms in total. The number of aryl methyl sites for hydroxylation is 1. The fourth-order valence-electron chi connectivity index (χ4n) is 1.91. The van der Waals surface area contributed by atoms with E-state index in [0.29, 0.717) is 11.3 Å². The third kappa shape index (κ3) is 5.48. The SMILES string of the molecule is COc1ccc(CN(CC(=O)O)CC(F)(F)F)cc1C. The molecule has 0 saturated heterocycles. The van der Waals surface area contributed by atoms with Crippen molar-refractivity contribution in [1.29, 1.82) is 0 Å². The van der Waals surface area contributed by atoms with Crippen LogP contribution in [0.3, 0.4) is 0 Å². The second-order valence-corrected chi connectivity index (χ2v) is 4.46. The van der Waals surface area contributed by atoms with Crippen LogP contribution in [-0.4, -0.2) is 42.4 Å². The van der Waals surface area contributed by atoms with Crippen molar-refractivity contribution < 1.29 is 27.8 Å². The summed E-state index contributed by atoms with van der Waals surface area (Å²) < 4.78 is 42.3. The first-order chi connectivity index (χ1) is 9.21. The van der Waals surface area contributed by atoms with Crippen LogP contribution in [0.4, 0.5) is 13.2 Å². The van der Waals surface area contributed by atoms with E-state index in [1.807, 2.05) is 0 Å². The van der Waals surface area contributed by atoms with Crippen LogP contribution in [0.15, 0.2) is 18.2 Å². The van der Waals surface area contributed by atoms with Gasteiger partial charge in [0, 0.05) is 6.54 Å². The average Bonchev–Trinajstić information content (AvgIpc) is 2.25. The molecule has 0 amide bonds. The molecule has 0 fully saturated rings. The lowest BCUT2D eigenvalue weighted by atomic mass is 10.1. The van der Waals surface area contributed by atoms with E-state index in [0.717, 1.165) is 10.5 Å². The summed E-state index contributed by atoms with van der Waals surface area (Å²) in [5, 5.41) is 8.67. The van der Waals surface area contributed by atoms with E-state index in [-0.39, 0.29) is 6.54 Å². The minimum Gasteiger partial charge on any atom is -0.496 e. The van der Waals surface area contributed by atoms with Gasteiger partial charge in [-0.1, -0.05) is 12.1 Å². The summed E-state index contributed by atoms with van der Waals surface area (Å²) in [7, 11) is 1.50. The summed E-state index contributed by atoms with van der Waals surface area (Å²) in [5.41, 5.74) is 1.39. The molecule has 0 aliphatic rings. The summed E-state index contributed by atoms with van der Waals surface area (Å²) in [4.78, 5) is 11.5. The molecule has 0 aliphatic heterocycles. The first kappa shape index (κ1) is 16.3. The van der Waals surface area contributed by atoms with Crippen LogP contribution in [0.2, 0.25) is 0 Å². The van der Waals surface area contributed by atoms with E-state index in [1.54, 1.807) is 25.1 Å². The largest absolute Gasteiger partial charge is 0.496 e. The van der Waals surface area contributed by atoms with Crippen LogP contribution in [0, 0.1) is 6.92 Å². The van der Waals surface area contributed by atoms with E-state index < -0.39 is 25.2 Å². The van der Waals surface area contributed by atoms with Crippen LogP contribution in [0.25, 0.3) is 0 Å². The number of carboxylic acids is 1. The molecule has 0 heterocycles. The number of methoxy groups -OCH3 is 1. The number of hydrogen-bond acceptors (Lipinski definition) is 3. The number of halogens is 3. The van der Waals surface area contributed by atoms with Crippen molar-refractivity contribution >= 4 is 5.97 Å². The van der Waals surface area contributed by atoms with Gasteiger partial charge in [-0.05, 0) is 24.1 Å². The number of rotatable bonds is 6. The lowest BCUT2D eigenvalue weighted by Crippen LogP contribution is -2.37. The molecule has 0 bridgehead atoms. The Morgan fingerprint density at radius 2 is 2.05 bits per heavy atom. The van der Waals surface area contributed by atoms with Crippen molar-refractivity contribution in [1.82, 2.24) is 4.90 Å². The van der Waals surface area contributed by atoms with E-state index in [2.05, 4.69) is 0 Å². The quantitative estimate of drug-likeness (QED) is 0.874. The summed E-state index contributed by atoms with van der Waals surface area (Å²) >= 11 is 0. The van der Waals surface area contributed by atoms with Crippen molar-refractivity contribution in [3.63, 3.8) is 0 Å². The zero-order valence-corrected chi connectivity index (χ0v) is 11.2. The highest BCUT2D eigenvalue weighted by Crippen LogP contribution is 2.21. The minimum atomic E-state index is -4.43. The van der Waals surface area contributed by atoms with E-state index >= 15 is 0 Å². The smallest absolute Gasteiger partial charge is 0.401 e. The van der Waals surface area contributed by atoms with Gasteiger partial charge in [0.15, 0.2) is 0 Å². The summed E-state index contributed by atoms with van der Waals surface area (Å²) in [6.45, 7) is -0.237. The summed E-state index contributed by atoms with van der Waals surface area (Å²) in [6.07, 6.45) is -4.43. The van der Waals surface area contributed by atoms with Crippen molar-refractivity contribution in [3.8, 4) is 5.75 Å². The Bertz CT molecular complexity index is 474. The van der Waals surface area contributed by atoms with E-state index in [9.17, 15) is 18.0 Å². The predicted octanol–water partition coefficient (Wildman–Crippen LogP) is 2.45. The van der Waals surface area contributed by atoms with Crippen LogP contribution < -0.4 is 4.74 Å². The van der Waals surface area contributed by atoms with Gasteiger partial charge in [-0.15, -0.1) is 0 Å². The number of carbonyl (C=O) groups is 1. The number of hydrogen-bond donors (Lipinski definition) is 1. The van der Waals surface area contributed by atoms with Crippen LogP contribution in [0.5, 0.6) is 5.75 Å². The molecule has 0 saturated carbocycles. The van der Waals surface area contributed by atoms with Crippen molar-refractivity contribution in [2.75, 3.05) is 20.2 Å². The van der Waals surface area contributed by atoms with Gasteiger partial charge >= 0.3 is 12.1 Å². The zero-order valence-electron chi connectivity index (χ0n) is 11.2. The van der Waals surface area contributed by atoms with Crippen molar-refractivity contribution in [2.45, 2.75) is 19.6 Å². The number of carboxylic acid groups (broad SMARTS) is 1. The normalized spacial score (nSPS) is 11.7. The maximum Gasteiger partial charge on any atom is 0.401 e. The molecular formula is C13H16F3NO3. The Morgan fingerprint density at radius 1 is 1.40 bits per heavy atom. The van der Waals surface area contributed by atoms with Gasteiger partial charge in [-0.2, -0.15) is 13.2 Å². The monoisotopic (exact) mass is 291 g/mol. The average molecular weight is 291 g/mol. The molecule has 1 aromatic carbocycles. The van der Waals surface area contributed by atoms with Gasteiger partial charge in [0.05, 0.1) is 20.2 Å². The molecule has 0 aromatic heterocycles. The summed E-state index contributed by atoms with van der Waals surface area (Å²) in [6, 6.07) is 4.96. The highest BCUT2D eigenvalue weighted by Gasteiger charge is 2.31. The lowest BCUT2D eigenvalue weighted by molar-refractivity contribution is -0.154. The first-order valence-electron chi connectivity index (χ1n) is 5.85. The summed E-state index contributed by atoms with van der Waals surface area (Å²) in [5.74, 6) is -0.658. The third-order valence-electron chi connectivity index (χ3n) is 2.63. The van der Waals surface area contributed by atoms with Crippen molar-refractivity contribution in [2.24, 2.45) is 0 Å². The van der Waals surface area contributed by atoms with Gasteiger partial charge in [-0.3, -0.25) is 9.69 Å². The highest BCUT2D eigenvalue weighted by atomic mass is 19.4. The maximum atomic E-state index is 12.4. The number of nitrogens with zero attached hydrogens (tertiary/aromatic N) is 1. The molecule has 20 heavy (non-hydrogen) atoms. The molecule has 1 N–H and O–H groups in total. The third-order valence-corrected chi connectivity index (χ3v) is 2.63. The predicted molar refractivity (Wildman–Crippen MR) is 66.7 cm³/mol.